The fraction of sp³-hybridized carbons (Fsp3) is 0.0556. The molecule has 0 saturated heterocycles. The van der Waals surface area contributed by atoms with Gasteiger partial charge in [0.25, 0.3) is 0 Å². The molecular weight excluding hydrogens is 567 g/mol. The van der Waals surface area contributed by atoms with Gasteiger partial charge in [0, 0.05) is 32.1 Å². The van der Waals surface area contributed by atoms with Crippen molar-refractivity contribution in [1.29, 1.82) is 0 Å². The summed E-state index contributed by atoms with van der Waals surface area (Å²) in [5.41, 5.74) is 3.72. The van der Waals surface area contributed by atoms with Crippen molar-refractivity contribution in [3.8, 4) is 22.6 Å². The van der Waals surface area contributed by atoms with E-state index in [-0.39, 0.29) is 24.5 Å². The quantitative estimate of drug-likeness (QED) is 0.157. The average Bonchev–Trinajstić information content (AvgIpc) is 3.02. The third kappa shape index (κ3) is 5.35. The highest BCUT2D eigenvalue weighted by atomic mass is 35.5. The Kier molecular flexibility index (Phi) is 7.91. The van der Waals surface area contributed by atoms with Crippen LogP contribution in [0.15, 0.2) is 109 Å². The van der Waals surface area contributed by atoms with Gasteiger partial charge < -0.3 is 9.47 Å². The van der Waals surface area contributed by atoms with Gasteiger partial charge in [-0.3, -0.25) is 9.59 Å². The van der Waals surface area contributed by atoms with Crippen LogP contribution in [0, 0.1) is 0 Å². The maximum absolute atomic E-state index is 13.1. The van der Waals surface area contributed by atoms with Crippen LogP contribution in [0.25, 0.3) is 32.7 Å². The molecule has 0 amide bonds. The fourth-order valence-electron chi connectivity index (χ4n) is 5.30. The summed E-state index contributed by atoms with van der Waals surface area (Å²) in [7, 11) is 0. The minimum atomic E-state index is 0.142. The fourth-order valence-corrected chi connectivity index (χ4v) is 5.73. The second-order valence-corrected chi connectivity index (χ2v) is 10.7. The number of ether oxygens (including phenoxy) is 2. The van der Waals surface area contributed by atoms with Crippen molar-refractivity contribution in [2.75, 3.05) is 0 Å². The molecule has 0 radical (unpaired) electrons. The number of aldehydes is 2. The van der Waals surface area contributed by atoms with Gasteiger partial charge in [-0.25, -0.2) is 0 Å². The van der Waals surface area contributed by atoms with Gasteiger partial charge in [0.2, 0.25) is 0 Å². The van der Waals surface area contributed by atoms with Crippen molar-refractivity contribution < 1.29 is 19.1 Å². The van der Waals surface area contributed by atoms with Crippen molar-refractivity contribution in [3.63, 3.8) is 0 Å². The minimum absolute atomic E-state index is 0.142. The van der Waals surface area contributed by atoms with E-state index in [1.807, 2.05) is 91.0 Å². The molecule has 0 saturated carbocycles. The molecule has 0 aromatic heterocycles. The van der Waals surface area contributed by atoms with E-state index in [2.05, 4.69) is 0 Å². The number of halogens is 2. The monoisotopic (exact) mass is 590 g/mol. The van der Waals surface area contributed by atoms with E-state index in [0.29, 0.717) is 32.5 Å². The molecule has 4 nitrogen and oxygen atoms in total. The summed E-state index contributed by atoms with van der Waals surface area (Å²) in [4.78, 5) is 25.5. The maximum Gasteiger partial charge on any atom is 0.173 e. The molecule has 0 unspecified atom stereocenters. The van der Waals surface area contributed by atoms with Crippen LogP contribution in [0.2, 0.25) is 10.0 Å². The average molecular weight is 591 g/mol. The second kappa shape index (κ2) is 12.1. The van der Waals surface area contributed by atoms with Crippen molar-refractivity contribution in [2.45, 2.75) is 13.2 Å². The molecule has 0 fully saturated rings. The normalized spacial score (nSPS) is 11.0. The lowest BCUT2D eigenvalue weighted by Gasteiger charge is -2.22. The number of fused-ring (bicyclic) bond motifs is 2. The summed E-state index contributed by atoms with van der Waals surface area (Å²) < 4.78 is 12.9. The zero-order chi connectivity index (χ0) is 29.1. The van der Waals surface area contributed by atoms with Crippen molar-refractivity contribution in [2.24, 2.45) is 0 Å². The Bertz CT molecular complexity index is 1960. The van der Waals surface area contributed by atoms with Crippen LogP contribution in [0.4, 0.5) is 0 Å². The molecule has 0 spiro atoms. The summed E-state index contributed by atoms with van der Waals surface area (Å²) in [6, 6.07) is 33.9. The second-order valence-electron chi connectivity index (χ2n) is 9.82. The highest BCUT2D eigenvalue weighted by Crippen LogP contribution is 2.48. The third-order valence-electron chi connectivity index (χ3n) is 7.16. The van der Waals surface area contributed by atoms with E-state index in [0.717, 1.165) is 45.2 Å². The van der Waals surface area contributed by atoms with Gasteiger partial charge in [-0.2, -0.15) is 0 Å². The molecule has 0 aliphatic heterocycles. The van der Waals surface area contributed by atoms with Crippen LogP contribution >= 0.6 is 23.2 Å². The number of carbonyl (C=O) groups is 2. The van der Waals surface area contributed by atoms with Gasteiger partial charge in [-0.05, 0) is 51.6 Å². The SMILES string of the molecule is O=Cc1ccc2ccccc2c1-c1c(C=O)c(OCc2cccc(Cl)c2)c(OCc2cccc(Cl)c2)c2ccccc12. The molecule has 0 N–H and O–H groups in total. The molecule has 6 aromatic rings. The van der Waals surface area contributed by atoms with E-state index in [9.17, 15) is 9.59 Å². The van der Waals surface area contributed by atoms with Crippen molar-refractivity contribution in [1.82, 2.24) is 0 Å². The molecule has 0 heterocycles. The number of hydrogen-bond acceptors (Lipinski definition) is 4. The number of benzene rings is 6. The van der Waals surface area contributed by atoms with Gasteiger partial charge in [0.05, 0.1) is 5.56 Å². The number of carbonyl (C=O) groups excluding carboxylic acids is 2. The molecule has 0 bridgehead atoms. The first-order chi connectivity index (χ1) is 20.6. The highest BCUT2D eigenvalue weighted by Gasteiger charge is 2.25. The lowest BCUT2D eigenvalue weighted by atomic mass is 9.86. The summed E-state index contributed by atoms with van der Waals surface area (Å²) in [6.07, 6.45) is 1.60. The molecule has 0 aliphatic rings. The zero-order valence-electron chi connectivity index (χ0n) is 22.4. The van der Waals surface area contributed by atoms with Crippen LogP contribution in [0.3, 0.4) is 0 Å². The topological polar surface area (TPSA) is 52.6 Å². The van der Waals surface area contributed by atoms with Crippen LogP contribution < -0.4 is 9.47 Å². The van der Waals surface area contributed by atoms with Crippen LogP contribution in [-0.4, -0.2) is 12.6 Å². The number of rotatable bonds is 9. The first kappa shape index (κ1) is 27.5. The molecule has 206 valence electrons. The molecule has 0 atom stereocenters. The number of hydrogen-bond donors (Lipinski definition) is 0. The minimum Gasteiger partial charge on any atom is -0.484 e. The maximum atomic E-state index is 13.1. The van der Waals surface area contributed by atoms with E-state index in [4.69, 9.17) is 32.7 Å². The molecular formula is C36H24Cl2O4. The van der Waals surface area contributed by atoms with E-state index in [1.165, 1.54) is 0 Å². The Morgan fingerprint density at radius 3 is 1.76 bits per heavy atom. The summed E-state index contributed by atoms with van der Waals surface area (Å²) in [5, 5.41) is 4.47. The van der Waals surface area contributed by atoms with Crippen LogP contribution in [0.5, 0.6) is 11.5 Å². The van der Waals surface area contributed by atoms with Crippen LogP contribution in [-0.2, 0) is 13.2 Å². The Morgan fingerprint density at radius 2 is 1.14 bits per heavy atom. The summed E-state index contributed by atoms with van der Waals surface area (Å²) in [5.74, 6) is 0.705. The van der Waals surface area contributed by atoms with E-state index < -0.39 is 0 Å². The van der Waals surface area contributed by atoms with Gasteiger partial charge in [-0.1, -0.05) is 108 Å². The highest BCUT2D eigenvalue weighted by molar-refractivity contribution is 6.31. The first-order valence-corrected chi connectivity index (χ1v) is 14.1. The summed E-state index contributed by atoms with van der Waals surface area (Å²) >= 11 is 12.5. The smallest absolute Gasteiger partial charge is 0.173 e. The lowest BCUT2D eigenvalue weighted by molar-refractivity contribution is 0.111. The Balaban J connectivity index is 1.63. The predicted octanol–water partition coefficient (Wildman–Crippen LogP) is 9.75. The Morgan fingerprint density at radius 1 is 0.548 bits per heavy atom. The standard InChI is InChI=1S/C36H24Cl2O4/c37-27-10-5-7-23(17-27)21-41-35-31-14-4-3-13-30(31)34(33-26(19-39)16-15-25-9-1-2-12-29(25)33)32(20-40)36(35)42-22-24-8-6-11-28(38)18-24/h1-20H,21-22H2. The lowest BCUT2D eigenvalue weighted by Crippen LogP contribution is -2.06. The molecule has 42 heavy (non-hydrogen) atoms. The van der Waals surface area contributed by atoms with Gasteiger partial charge in [0.15, 0.2) is 24.1 Å². The van der Waals surface area contributed by atoms with Gasteiger partial charge >= 0.3 is 0 Å². The third-order valence-corrected chi connectivity index (χ3v) is 7.63. The van der Waals surface area contributed by atoms with E-state index in [1.54, 1.807) is 18.2 Å². The zero-order valence-corrected chi connectivity index (χ0v) is 23.9. The van der Waals surface area contributed by atoms with Gasteiger partial charge in [0.1, 0.15) is 13.2 Å². The predicted molar refractivity (Wildman–Crippen MR) is 169 cm³/mol. The summed E-state index contributed by atoms with van der Waals surface area (Å²) in [6.45, 7) is 0.340. The van der Waals surface area contributed by atoms with E-state index >= 15 is 0 Å². The molecule has 6 rings (SSSR count). The Labute approximate surface area is 253 Å². The van der Waals surface area contributed by atoms with Crippen molar-refractivity contribution in [3.05, 3.63) is 141 Å². The largest absolute Gasteiger partial charge is 0.484 e. The Hall–Kier alpha value is -4.64. The molecule has 6 heteroatoms. The van der Waals surface area contributed by atoms with Crippen LogP contribution in [0.1, 0.15) is 31.8 Å². The van der Waals surface area contributed by atoms with Gasteiger partial charge in [-0.15, -0.1) is 0 Å². The molecule has 6 aromatic carbocycles. The molecule has 0 aliphatic carbocycles. The van der Waals surface area contributed by atoms with Crippen molar-refractivity contribution >= 4 is 57.3 Å². The first-order valence-electron chi connectivity index (χ1n) is 13.3.